The molecule has 0 unspecified atom stereocenters. The van der Waals surface area contributed by atoms with Crippen molar-refractivity contribution < 1.29 is 14.3 Å². The maximum atomic E-state index is 12.5. The van der Waals surface area contributed by atoms with Crippen molar-refractivity contribution in [2.45, 2.75) is 13.8 Å². The van der Waals surface area contributed by atoms with Gasteiger partial charge in [-0.25, -0.2) is 0 Å². The number of ether oxygens (including phenoxy) is 1. The van der Waals surface area contributed by atoms with Gasteiger partial charge in [-0.2, -0.15) is 5.10 Å². The quantitative estimate of drug-likeness (QED) is 0.697. The Balaban J connectivity index is 1.63. The number of carbonyl (C=O) groups is 2. The van der Waals surface area contributed by atoms with Crippen LogP contribution in [0.1, 0.15) is 22.3 Å². The normalized spacial score (nSPS) is 10.7. The molecule has 136 valence electrons. The number of hydrogen-bond donors (Lipinski definition) is 2. The minimum atomic E-state index is -0.167. The molecule has 0 atom stereocenters. The molecular formula is C18H20N4O3S. The summed E-state index contributed by atoms with van der Waals surface area (Å²) in [6.07, 6.45) is 0. The van der Waals surface area contributed by atoms with Crippen LogP contribution in [0.4, 0.5) is 5.69 Å². The second-order valence-electron chi connectivity index (χ2n) is 5.76. The SMILES string of the molecule is CCNC(=O)COc1ccc(NC(=O)c2cc3c(C)nn(C)c3s2)cc1. The molecule has 0 aliphatic rings. The fraction of sp³-hybridized carbons (Fsp3) is 0.278. The monoisotopic (exact) mass is 372 g/mol. The highest BCUT2D eigenvalue weighted by molar-refractivity contribution is 7.20. The van der Waals surface area contributed by atoms with Crippen molar-refractivity contribution >= 4 is 39.1 Å². The molecule has 2 heterocycles. The van der Waals surface area contributed by atoms with Gasteiger partial charge in [0, 0.05) is 24.7 Å². The van der Waals surface area contributed by atoms with E-state index in [1.807, 2.05) is 27.0 Å². The summed E-state index contributed by atoms with van der Waals surface area (Å²) in [5.41, 5.74) is 1.57. The van der Waals surface area contributed by atoms with Crippen LogP contribution in [0.5, 0.6) is 5.75 Å². The molecule has 0 fully saturated rings. The van der Waals surface area contributed by atoms with E-state index >= 15 is 0 Å². The first kappa shape index (κ1) is 17.9. The minimum Gasteiger partial charge on any atom is -0.484 e. The van der Waals surface area contributed by atoms with Crippen molar-refractivity contribution in [3.8, 4) is 5.75 Å². The summed E-state index contributed by atoms with van der Waals surface area (Å²) < 4.78 is 7.17. The molecule has 3 aromatic rings. The molecular weight excluding hydrogens is 352 g/mol. The predicted molar refractivity (Wildman–Crippen MR) is 102 cm³/mol. The number of nitrogens with zero attached hydrogens (tertiary/aromatic N) is 2. The Kier molecular flexibility index (Phi) is 5.22. The van der Waals surface area contributed by atoms with E-state index in [1.165, 1.54) is 11.3 Å². The van der Waals surface area contributed by atoms with Crippen LogP contribution in [0.2, 0.25) is 0 Å². The van der Waals surface area contributed by atoms with Gasteiger partial charge in [0.05, 0.1) is 10.6 Å². The molecule has 2 aromatic heterocycles. The van der Waals surface area contributed by atoms with Gasteiger partial charge in [0.25, 0.3) is 11.8 Å². The van der Waals surface area contributed by atoms with Gasteiger partial charge in [0.15, 0.2) is 6.61 Å². The third kappa shape index (κ3) is 3.85. The van der Waals surface area contributed by atoms with Gasteiger partial charge >= 0.3 is 0 Å². The molecule has 3 rings (SSSR count). The van der Waals surface area contributed by atoms with Crippen LogP contribution in [-0.2, 0) is 11.8 Å². The van der Waals surface area contributed by atoms with Crippen molar-refractivity contribution in [3.05, 3.63) is 40.9 Å². The van der Waals surface area contributed by atoms with Crippen LogP contribution in [-0.4, -0.2) is 34.7 Å². The number of anilines is 1. The van der Waals surface area contributed by atoms with E-state index in [0.29, 0.717) is 22.9 Å². The van der Waals surface area contributed by atoms with Crippen molar-refractivity contribution in [1.82, 2.24) is 15.1 Å². The van der Waals surface area contributed by atoms with Gasteiger partial charge in [-0.1, -0.05) is 0 Å². The van der Waals surface area contributed by atoms with Crippen LogP contribution < -0.4 is 15.4 Å². The third-order valence-electron chi connectivity index (χ3n) is 3.78. The molecule has 7 nitrogen and oxygen atoms in total. The van der Waals surface area contributed by atoms with E-state index in [2.05, 4.69) is 15.7 Å². The Morgan fingerprint density at radius 1 is 1.27 bits per heavy atom. The van der Waals surface area contributed by atoms with Crippen molar-refractivity contribution in [2.24, 2.45) is 7.05 Å². The van der Waals surface area contributed by atoms with Gasteiger partial charge in [0.2, 0.25) is 0 Å². The van der Waals surface area contributed by atoms with Crippen LogP contribution in [0.3, 0.4) is 0 Å². The Morgan fingerprint density at radius 3 is 2.65 bits per heavy atom. The average molecular weight is 372 g/mol. The fourth-order valence-electron chi connectivity index (χ4n) is 2.54. The standard InChI is InChI=1S/C18H20N4O3S/c1-4-19-16(23)10-25-13-7-5-12(6-8-13)20-17(24)15-9-14-11(2)21-22(3)18(14)26-15/h5-9H,4,10H2,1-3H3,(H,19,23)(H,20,24). The molecule has 1 aromatic carbocycles. The summed E-state index contributed by atoms with van der Waals surface area (Å²) in [5.74, 6) is 0.235. The summed E-state index contributed by atoms with van der Waals surface area (Å²) in [6.45, 7) is 4.31. The van der Waals surface area contributed by atoms with E-state index in [-0.39, 0.29) is 18.4 Å². The van der Waals surface area contributed by atoms with E-state index in [4.69, 9.17) is 4.74 Å². The molecule has 0 aliphatic carbocycles. The number of aromatic nitrogens is 2. The lowest BCUT2D eigenvalue weighted by molar-refractivity contribution is -0.122. The van der Waals surface area contributed by atoms with Crippen molar-refractivity contribution in [1.29, 1.82) is 0 Å². The first-order valence-electron chi connectivity index (χ1n) is 8.22. The molecule has 2 amide bonds. The summed E-state index contributed by atoms with van der Waals surface area (Å²) >= 11 is 1.41. The Labute approximate surface area is 155 Å². The van der Waals surface area contributed by atoms with E-state index < -0.39 is 0 Å². The number of benzene rings is 1. The second-order valence-corrected chi connectivity index (χ2v) is 6.79. The first-order valence-corrected chi connectivity index (χ1v) is 9.03. The molecule has 8 heteroatoms. The number of nitrogens with one attached hydrogen (secondary N) is 2. The minimum absolute atomic E-state index is 0.0330. The zero-order chi connectivity index (χ0) is 18.7. The topological polar surface area (TPSA) is 85.2 Å². The maximum absolute atomic E-state index is 12.5. The van der Waals surface area contributed by atoms with Gasteiger partial charge in [-0.15, -0.1) is 11.3 Å². The van der Waals surface area contributed by atoms with Crippen molar-refractivity contribution in [2.75, 3.05) is 18.5 Å². The lowest BCUT2D eigenvalue weighted by Crippen LogP contribution is -2.28. The largest absolute Gasteiger partial charge is 0.484 e. The summed E-state index contributed by atoms with van der Waals surface area (Å²) in [7, 11) is 1.87. The Morgan fingerprint density at radius 2 is 2.00 bits per heavy atom. The van der Waals surface area contributed by atoms with E-state index in [0.717, 1.165) is 15.9 Å². The van der Waals surface area contributed by atoms with Gasteiger partial charge in [-0.3, -0.25) is 14.3 Å². The predicted octanol–water partition coefficient (Wildman–Crippen LogP) is 2.71. The highest BCUT2D eigenvalue weighted by Crippen LogP contribution is 2.28. The maximum Gasteiger partial charge on any atom is 0.265 e. The Bertz CT molecular complexity index is 909. The number of aryl methyl sites for hydroxylation is 2. The average Bonchev–Trinajstić information content (AvgIpc) is 3.17. The first-order chi connectivity index (χ1) is 12.5. The molecule has 2 N–H and O–H groups in total. The molecule has 0 saturated heterocycles. The zero-order valence-corrected chi connectivity index (χ0v) is 15.6. The lowest BCUT2D eigenvalue weighted by atomic mass is 10.2. The summed E-state index contributed by atoms with van der Waals surface area (Å²) in [5, 5.41) is 10.9. The van der Waals surface area contributed by atoms with Gasteiger partial charge in [0.1, 0.15) is 10.6 Å². The second kappa shape index (κ2) is 7.57. The number of rotatable bonds is 6. The fourth-order valence-corrected chi connectivity index (χ4v) is 3.56. The number of fused-ring (bicyclic) bond motifs is 1. The molecule has 0 bridgehead atoms. The summed E-state index contributed by atoms with van der Waals surface area (Å²) in [4.78, 5) is 25.5. The van der Waals surface area contributed by atoms with Crippen LogP contribution in [0, 0.1) is 6.92 Å². The highest BCUT2D eigenvalue weighted by atomic mass is 32.1. The third-order valence-corrected chi connectivity index (χ3v) is 4.98. The van der Waals surface area contributed by atoms with Gasteiger partial charge < -0.3 is 15.4 Å². The van der Waals surface area contributed by atoms with Crippen LogP contribution in [0.25, 0.3) is 10.2 Å². The number of thiophene rings is 1. The lowest BCUT2D eigenvalue weighted by Gasteiger charge is -2.08. The molecule has 0 aliphatic heterocycles. The van der Waals surface area contributed by atoms with Crippen LogP contribution in [0.15, 0.2) is 30.3 Å². The van der Waals surface area contributed by atoms with E-state index in [9.17, 15) is 9.59 Å². The van der Waals surface area contributed by atoms with Crippen LogP contribution >= 0.6 is 11.3 Å². The van der Waals surface area contributed by atoms with Gasteiger partial charge in [-0.05, 0) is 44.2 Å². The highest BCUT2D eigenvalue weighted by Gasteiger charge is 2.15. The number of amides is 2. The van der Waals surface area contributed by atoms with E-state index in [1.54, 1.807) is 28.9 Å². The molecule has 0 radical (unpaired) electrons. The number of likely N-dealkylation sites (N-methyl/N-ethyl adjacent to an activating group) is 1. The Hall–Kier alpha value is -2.87. The smallest absolute Gasteiger partial charge is 0.265 e. The molecule has 26 heavy (non-hydrogen) atoms. The zero-order valence-electron chi connectivity index (χ0n) is 14.8. The number of hydrogen-bond acceptors (Lipinski definition) is 5. The summed E-state index contributed by atoms with van der Waals surface area (Å²) in [6, 6.07) is 8.78. The van der Waals surface area contributed by atoms with Crippen molar-refractivity contribution in [3.63, 3.8) is 0 Å². The number of carbonyl (C=O) groups excluding carboxylic acids is 2. The molecule has 0 spiro atoms. The molecule has 0 saturated carbocycles.